The number of amides is 1. The quantitative estimate of drug-likeness (QED) is 0.539. The van der Waals surface area contributed by atoms with Crippen molar-refractivity contribution < 1.29 is 19.0 Å². The molecule has 27 heavy (non-hydrogen) atoms. The van der Waals surface area contributed by atoms with Crippen LogP contribution in [0.5, 0.6) is 17.2 Å². The molecule has 1 amide bonds. The van der Waals surface area contributed by atoms with Gasteiger partial charge in [-0.3, -0.25) is 4.79 Å². The molecule has 144 valence electrons. The van der Waals surface area contributed by atoms with Gasteiger partial charge in [0.05, 0.1) is 20.4 Å². The normalized spacial score (nSPS) is 11.9. The third kappa shape index (κ3) is 6.02. The van der Waals surface area contributed by atoms with Crippen molar-refractivity contribution in [3.8, 4) is 17.2 Å². The maximum atomic E-state index is 11.9. The molecule has 2 rings (SSSR count). The van der Waals surface area contributed by atoms with Crippen molar-refractivity contribution in [1.29, 1.82) is 0 Å². The highest BCUT2D eigenvalue weighted by Crippen LogP contribution is 2.22. The van der Waals surface area contributed by atoms with Crippen LogP contribution in [-0.4, -0.2) is 32.9 Å². The molecule has 0 spiro atoms. The van der Waals surface area contributed by atoms with E-state index in [1.165, 1.54) is 11.8 Å². The number of hydrogen-bond acceptors (Lipinski definition) is 5. The lowest BCUT2D eigenvalue weighted by atomic mass is 9.99. The molecular weight excluding hydrogens is 344 g/mol. The number of ether oxygens (including phenoxy) is 3. The molecule has 0 heterocycles. The first-order valence-corrected chi connectivity index (χ1v) is 8.84. The summed E-state index contributed by atoms with van der Waals surface area (Å²) in [5, 5.41) is 3.95. The van der Waals surface area contributed by atoms with Crippen LogP contribution in [0.2, 0.25) is 0 Å². The Labute approximate surface area is 160 Å². The van der Waals surface area contributed by atoms with Gasteiger partial charge in [-0.05, 0) is 48.2 Å². The number of nitrogens with zero attached hydrogens (tertiary/aromatic N) is 1. The van der Waals surface area contributed by atoms with Gasteiger partial charge in [0.1, 0.15) is 17.2 Å². The van der Waals surface area contributed by atoms with Crippen LogP contribution in [0.4, 0.5) is 0 Å². The first-order valence-electron chi connectivity index (χ1n) is 8.84. The van der Waals surface area contributed by atoms with Gasteiger partial charge in [-0.15, -0.1) is 0 Å². The third-order valence-corrected chi connectivity index (χ3v) is 4.26. The number of nitrogens with one attached hydrogen (secondary N) is 1. The van der Waals surface area contributed by atoms with E-state index in [0.717, 1.165) is 6.42 Å². The standard InChI is InChI=1S/C21H26N2O4/c1-5-15(2)16-6-8-18(9-7-16)27-14-21(24)23-22-13-17-12-19(25-3)10-11-20(17)26-4/h6-13,15H,5,14H2,1-4H3,(H,23,24)/b22-13-. The van der Waals surface area contributed by atoms with E-state index >= 15 is 0 Å². The molecule has 1 atom stereocenters. The van der Waals surface area contributed by atoms with E-state index in [4.69, 9.17) is 14.2 Å². The number of carbonyl (C=O) groups is 1. The van der Waals surface area contributed by atoms with Crippen LogP contribution in [0.3, 0.4) is 0 Å². The molecule has 6 heteroatoms. The predicted octanol–water partition coefficient (Wildman–Crippen LogP) is 3.75. The Kier molecular flexibility index (Phi) is 7.67. The molecule has 0 radical (unpaired) electrons. The van der Waals surface area contributed by atoms with Gasteiger partial charge in [-0.1, -0.05) is 26.0 Å². The summed E-state index contributed by atoms with van der Waals surface area (Å²) in [4.78, 5) is 11.9. The molecule has 0 saturated carbocycles. The lowest BCUT2D eigenvalue weighted by Crippen LogP contribution is -2.24. The molecule has 0 bridgehead atoms. The van der Waals surface area contributed by atoms with Crippen molar-refractivity contribution in [2.24, 2.45) is 5.10 Å². The van der Waals surface area contributed by atoms with Gasteiger partial charge in [0.15, 0.2) is 6.61 Å². The average Bonchev–Trinajstić information content (AvgIpc) is 2.71. The highest BCUT2D eigenvalue weighted by atomic mass is 16.5. The van der Waals surface area contributed by atoms with Crippen molar-refractivity contribution in [3.63, 3.8) is 0 Å². The van der Waals surface area contributed by atoms with Gasteiger partial charge in [0.2, 0.25) is 0 Å². The van der Waals surface area contributed by atoms with Gasteiger partial charge < -0.3 is 14.2 Å². The first kappa shape index (κ1) is 20.3. The number of hydrogen-bond donors (Lipinski definition) is 1. The van der Waals surface area contributed by atoms with E-state index in [9.17, 15) is 4.79 Å². The van der Waals surface area contributed by atoms with Crippen LogP contribution >= 0.6 is 0 Å². The first-order chi connectivity index (χ1) is 13.1. The largest absolute Gasteiger partial charge is 0.497 e. The smallest absolute Gasteiger partial charge is 0.277 e. The number of carbonyl (C=O) groups excluding carboxylic acids is 1. The van der Waals surface area contributed by atoms with Crippen LogP contribution in [0, 0.1) is 0 Å². The molecule has 1 N–H and O–H groups in total. The van der Waals surface area contributed by atoms with Crippen LogP contribution in [0.25, 0.3) is 0 Å². The Hall–Kier alpha value is -3.02. The third-order valence-electron chi connectivity index (χ3n) is 4.26. The van der Waals surface area contributed by atoms with Crippen LogP contribution < -0.4 is 19.6 Å². The topological polar surface area (TPSA) is 69.2 Å². The van der Waals surface area contributed by atoms with E-state index in [1.807, 2.05) is 24.3 Å². The van der Waals surface area contributed by atoms with Crippen molar-refractivity contribution in [3.05, 3.63) is 53.6 Å². The summed E-state index contributed by atoms with van der Waals surface area (Å²) < 4.78 is 15.9. The fraction of sp³-hybridized carbons (Fsp3) is 0.333. The van der Waals surface area contributed by atoms with E-state index < -0.39 is 0 Å². The summed E-state index contributed by atoms with van der Waals surface area (Å²) in [6.07, 6.45) is 2.58. The molecule has 1 unspecified atom stereocenters. The van der Waals surface area contributed by atoms with E-state index in [1.54, 1.807) is 32.4 Å². The van der Waals surface area contributed by atoms with Crippen molar-refractivity contribution in [2.75, 3.05) is 20.8 Å². The fourth-order valence-corrected chi connectivity index (χ4v) is 2.42. The van der Waals surface area contributed by atoms with Crippen molar-refractivity contribution in [1.82, 2.24) is 5.43 Å². The highest BCUT2D eigenvalue weighted by molar-refractivity contribution is 5.86. The van der Waals surface area contributed by atoms with Crippen molar-refractivity contribution in [2.45, 2.75) is 26.2 Å². The van der Waals surface area contributed by atoms with Crippen LogP contribution in [0.1, 0.15) is 37.3 Å². The van der Waals surface area contributed by atoms with Crippen molar-refractivity contribution >= 4 is 12.1 Å². The summed E-state index contributed by atoms with van der Waals surface area (Å²) in [6.45, 7) is 4.22. The van der Waals surface area contributed by atoms with Gasteiger partial charge in [0, 0.05) is 5.56 Å². The Bertz CT molecular complexity index is 772. The van der Waals surface area contributed by atoms with Gasteiger partial charge in [-0.25, -0.2) is 5.43 Å². The second-order valence-electron chi connectivity index (χ2n) is 6.07. The Morgan fingerprint density at radius 2 is 1.81 bits per heavy atom. The fourth-order valence-electron chi connectivity index (χ4n) is 2.42. The van der Waals surface area contributed by atoms with E-state index in [0.29, 0.717) is 28.7 Å². The lowest BCUT2D eigenvalue weighted by molar-refractivity contribution is -0.123. The molecule has 0 fully saturated rings. The molecule has 2 aromatic rings. The Morgan fingerprint density at radius 1 is 1.11 bits per heavy atom. The van der Waals surface area contributed by atoms with E-state index in [2.05, 4.69) is 24.4 Å². The zero-order chi connectivity index (χ0) is 19.6. The van der Waals surface area contributed by atoms with Gasteiger partial charge in [-0.2, -0.15) is 5.10 Å². The number of rotatable bonds is 9. The highest BCUT2D eigenvalue weighted by Gasteiger charge is 2.06. The van der Waals surface area contributed by atoms with Crippen LogP contribution in [-0.2, 0) is 4.79 Å². The van der Waals surface area contributed by atoms with Crippen LogP contribution in [0.15, 0.2) is 47.6 Å². The summed E-state index contributed by atoms with van der Waals surface area (Å²) in [6, 6.07) is 13.1. The minimum Gasteiger partial charge on any atom is -0.497 e. The monoisotopic (exact) mass is 370 g/mol. The van der Waals surface area contributed by atoms with Gasteiger partial charge in [0.25, 0.3) is 5.91 Å². The number of benzene rings is 2. The van der Waals surface area contributed by atoms with Gasteiger partial charge >= 0.3 is 0 Å². The molecule has 0 saturated heterocycles. The zero-order valence-corrected chi connectivity index (χ0v) is 16.2. The molecule has 0 aliphatic rings. The SMILES string of the molecule is CCC(C)c1ccc(OCC(=O)N/N=C\c2cc(OC)ccc2OC)cc1. The summed E-state index contributed by atoms with van der Waals surface area (Å²) >= 11 is 0. The molecule has 6 nitrogen and oxygen atoms in total. The molecule has 0 aromatic heterocycles. The van der Waals surface area contributed by atoms with E-state index in [-0.39, 0.29) is 12.5 Å². The summed E-state index contributed by atoms with van der Waals surface area (Å²) in [5.74, 6) is 2.11. The number of hydrazone groups is 1. The average molecular weight is 370 g/mol. The second kappa shape index (κ2) is 10.2. The Balaban J connectivity index is 1.86. The summed E-state index contributed by atoms with van der Waals surface area (Å²) in [7, 11) is 3.15. The number of methoxy groups -OCH3 is 2. The Morgan fingerprint density at radius 3 is 2.44 bits per heavy atom. The summed E-state index contributed by atoms with van der Waals surface area (Å²) in [5.41, 5.74) is 4.39. The lowest BCUT2D eigenvalue weighted by Gasteiger charge is -2.10. The minimum atomic E-state index is -0.348. The zero-order valence-electron chi connectivity index (χ0n) is 16.2. The maximum Gasteiger partial charge on any atom is 0.277 e. The second-order valence-corrected chi connectivity index (χ2v) is 6.07. The molecule has 2 aromatic carbocycles. The maximum absolute atomic E-state index is 11.9. The molecular formula is C21H26N2O4. The minimum absolute atomic E-state index is 0.116. The molecule has 0 aliphatic heterocycles. The predicted molar refractivity (Wildman–Crippen MR) is 106 cm³/mol. The molecule has 0 aliphatic carbocycles.